The van der Waals surface area contributed by atoms with Crippen LogP contribution in [-0.2, 0) is 56.4 Å². The first-order chi connectivity index (χ1) is 21.3. The molecule has 0 aliphatic carbocycles. The van der Waals surface area contributed by atoms with Gasteiger partial charge in [0.05, 0.1) is 18.8 Å². The van der Waals surface area contributed by atoms with Crippen molar-refractivity contribution in [1.82, 2.24) is 0 Å². The van der Waals surface area contributed by atoms with Crippen LogP contribution in [0.5, 0.6) is 0 Å². The standard InChI is InChI=1S/C33H62O12Si2/c1-19-26(40-22(4)35)28(41-23(5)36)24(17-38-21(3)34)43-31(19)39-18-25-29(45-47(15,16)33(9,10)11)27(20(2)30(37-12)42-25)44-46(13,14)32(6,7)8/h19-20,24-31H,17-18H2,1-16H3/t19?,20?,24?,25?,26-,27-,28+,29+,30-,31-/m1/s1. The monoisotopic (exact) mass is 706 g/mol. The van der Waals surface area contributed by atoms with Crippen LogP contribution in [0.1, 0.15) is 76.2 Å². The van der Waals surface area contributed by atoms with Crippen molar-refractivity contribution in [3.05, 3.63) is 0 Å². The van der Waals surface area contributed by atoms with Crippen molar-refractivity contribution >= 4 is 34.5 Å². The molecular formula is C33H62O12Si2. The van der Waals surface area contributed by atoms with Gasteiger partial charge in [-0.15, -0.1) is 0 Å². The van der Waals surface area contributed by atoms with Crippen molar-refractivity contribution in [1.29, 1.82) is 0 Å². The molecule has 0 N–H and O–H groups in total. The van der Waals surface area contributed by atoms with Gasteiger partial charge in [-0.2, -0.15) is 0 Å². The molecule has 12 nitrogen and oxygen atoms in total. The summed E-state index contributed by atoms with van der Waals surface area (Å²) >= 11 is 0. The molecule has 47 heavy (non-hydrogen) atoms. The third-order valence-electron chi connectivity index (χ3n) is 10.1. The number of rotatable bonds is 12. The van der Waals surface area contributed by atoms with E-state index in [0.717, 1.165) is 0 Å². The highest BCUT2D eigenvalue weighted by Crippen LogP contribution is 2.44. The molecule has 14 heteroatoms. The zero-order valence-corrected chi connectivity index (χ0v) is 33.6. The molecule has 0 aromatic heterocycles. The molecule has 2 fully saturated rings. The first-order valence-corrected chi connectivity index (χ1v) is 22.4. The second-order valence-electron chi connectivity index (χ2n) is 16.0. The lowest BCUT2D eigenvalue weighted by molar-refractivity contribution is -0.312. The molecule has 0 aromatic carbocycles. The van der Waals surface area contributed by atoms with E-state index in [1.807, 2.05) is 0 Å². The Kier molecular flexibility index (Phi) is 14.3. The van der Waals surface area contributed by atoms with Crippen LogP contribution in [0, 0.1) is 11.8 Å². The van der Waals surface area contributed by atoms with Gasteiger partial charge in [0, 0.05) is 39.7 Å². The minimum Gasteiger partial charge on any atom is -0.463 e. The second-order valence-corrected chi connectivity index (χ2v) is 25.5. The van der Waals surface area contributed by atoms with Crippen LogP contribution in [0.4, 0.5) is 0 Å². The average molecular weight is 707 g/mol. The maximum Gasteiger partial charge on any atom is 0.303 e. The zero-order chi connectivity index (χ0) is 36.3. The quantitative estimate of drug-likeness (QED) is 0.143. The molecular weight excluding hydrogens is 645 g/mol. The highest BCUT2D eigenvalue weighted by atomic mass is 28.4. The van der Waals surface area contributed by atoms with E-state index >= 15 is 0 Å². The fraction of sp³-hybridized carbons (Fsp3) is 0.909. The Hall–Kier alpha value is -1.40. The van der Waals surface area contributed by atoms with Crippen LogP contribution in [0.3, 0.4) is 0 Å². The number of esters is 3. The number of hydrogen-bond donors (Lipinski definition) is 0. The maximum atomic E-state index is 12.2. The molecule has 0 aromatic rings. The van der Waals surface area contributed by atoms with E-state index in [0.29, 0.717) is 0 Å². The molecule has 2 rings (SSSR count). The Morgan fingerprint density at radius 1 is 0.617 bits per heavy atom. The van der Waals surface area contributed by atoms with E-state index in [4.69, 9.17) is 42.0 Å². The SMILES string of the molecule is CO[C@@H]1OC(CO[C@@H]2OC(COC(C)=O)[C@H](OC(C)=O)[C@H](OC(C)=O)C2C)[C@H](O[Si](C)(C)C(C)(C)C)[C@H](O[Si](C)(C)C(C)(C)C)C1C. The molecule has 2 saturated heterocycles. The molecule has 274 valence electrons. The van der Waals surface area contributed by atoms with Crippen molar-refractivity contribution in [2.24, 2.45) is 11.8 Å². The average Bonchev–Trinajstić information content (AvgIpc) is 2.90. The fourth-order valence-corrected chi connectivity index (χ4v) is 7.95. The Morgan fingerprint density at radius 3 is 1.49 bits per heavy atom. The van der Waals surface area contributed by atoms with Crippen molar-refractivity contribution in [3.8, 4) is 0 Å². The van der Waals surface area contributed by atoms with E-state index in [1.165, 1.54) is 20.8 Å². The molecule has 0 amide bonds. The van der Waals surface area contributed by atoms with Gasteiger partial charge < -0.3 is 42.0 Å². The lowest BCUT2D eigenvalue weighted by atomic mass is 9.91. The summed E-state index contributed by atoms with van der Waals surface area (Å²) in [4.78, 5) is 35.9. The van der Waals surface area contributed by atoms with E-state index < -0.39 is 83.6 Å². The summed E-state index contributed by atoms with van der Waals surface area (Å²) in [6.45, 7) is 29.5. The third-order valence-corrected chi connectivity index (χ3v) is 19.0. The summed E-state index contributed by atoms with van der Waals surface area (Å²) in [5, 5.41) is -0.136. The molecule has 0 spiro atoms. The largest absolute Gasteiger partial charge is 0.463 e. The number of hydrogen-bond acceptors (Lipinski definition) is 12. The Morgan fingerprint density at radius 2 is 1.04 bits per heavy atom. The number of ether oxygens (including phenoxy) is 7. The minimum absolute atomic E-state index is 0.0313. The highest BCUT2D eigenvalue weighted by molar-refractivity contribution is 6.74. The fourth-order valence-electron chi connectivity index (χ4n) is 5.25. The Balaban J connectivity index is 2.51. The van der Waals surface area contributed by atoms with Crippen LogP contribution >= 0.6 is 0 Å². The number of carbonyl (C=O) groups excluding carboxylic acids is 3. The summed E-state index contributed by atoms with van der Waals surface area (Å²) in [5.41, 5.74) is 0. The first-order valence-electron chi connectivity index (χ1n) is 16.6. The summed E-state index contributed by atoms with van der Waals surface area (Å²) in [7, 11) is -3.02. The third kappa shape index (κ3) is 10.8. The van der Waals surface area contributed by atoms with Crippen LogP contribution in [-0.4, -0.2) is 104 Å². The second kappa shape index (κ2) is 16.1. The highest BCUT2D eigenvalue weighted by Gasteiger charge is 2.54. The lowest BCUT2D eigenvalue weighted by Gasteiger charge is -2.52. The van der Waals surface area contributed by atoms with Gasteiger partial charge in [-0.1, -0.05) is 55.4 Å². The summed E-state index contributed by atoms with van der Waals surface area (Å²) < 4.78 is 55.8. The predicted molar refractivity (Wildman–Crippen MR) is 180 cm³/mol. The van der Waals surface area contributed by atoms with E-state index in [9.17, 15) is 14.4 Å². The topological polar surface area (TPSA) is 134 Å². The van der Waals surface area contributed by atoms with Gasteiger partial charge in [0.25, 0.3) is 0 Å². The van der Waals surface area contributed by atoms with Gasteiger partial charge >= 0.3 is 17.9 Å². The first kappa shape index (κ1) is 41.8. The molecule has 0 saturated carbocycles. The number of carbonyl (C=O) groups is 3. The summed E-state index contributed by atoms with van der Waals surface area (Å²) in [6, 6.07) is 0. The predicted octanol–water partition coefficient (Wildman–Crippen LogP) is 5.58. The zero-order valence-electron chi connectivity index (χ0n) is 31.6. The van der Waals surface area contributed by atoms with Crippen molar-refractivity contribution in [2.45, 2.75) is 162 Å². The normalized spacial score (nSPS) is 32.4. The van der Waals surface area contributed by atoms with Crippen LogP contribution in [0.2, 0.25) is 36.3 Å². The maximum absolute atomic E-state index is 12.2. The van der Waals surface area contributed by atoms with Crippen molar-refractivity contribution in [2.75, 3.05) is 20.3 Å². The summed E-state index contributed by atoms with van der Waals surface area (Å²) in [5.74, 6) is -2.41. The van der Waals surface area contributed by atoms with Crippen molar-refractivity contribution in [3.63, 3.8) is 0 Å². The Bertz CT molecular complexity index is 1070. The van der Waals surface area contributed by atoms with Crippen LogP contribution in [0.15, 0.2) is 0 Å². The van der Waals surface area contributed by atoms with Gasteiger partial charge in [-0.3, -0.25) is 14.4 Å². The van der Waals surface area contributed by atoms with E-state index in [-0.39, 0.29) is 35.3 Å². The minimum atomic E-state index is -2.35. The van der Waals surface area contributed by atoms with E-state index in [1.54, 1.807) is 14.0 Å². The molecule has 0 radical (unpaired) electrons. The summed E-state index contributed by atoms with van der Waals surface area (Å²) in [6.07, 6.45) is -5.87. The van der Waals surface area contributed by atoms with Gasteiger partial charge in [-0.05, 0) is 36.3 Å². The van der Waals surface area contributed by atoms with Gasteiger partial charge in [0.15, 0.2) is 35.3 Å². The van der Waals surface area contributed by atoms with Gasteiger partial charge in [-0.25, -0.2) is 0 Å². The van der Waals surface area contributed by atoms with Gasteiger partial charge in [0.1, 0.15) is 24.9 Å². The lowest BCUT2D eigenvalue weighted by Crippen LogP contribution is -2.64. The van der Waals surface area contributed by atoms with Crippen LogP contribution < -0.4 is 0 Å². The van der Waals surface area contributed by atoms with Crippen LogP contribution in [0.25, 0.3) is 0 Å². The smallest absolute Gasteiger partial charge is 0.303 e. The molecule has 2 aliphatic heterocycles. The van der Waals surface area contributed by atoms with Crippen molar-refractivity contribution < 1.29 is 56.4 Å². The molecule has 4 unspecified atom stereocenters. The Labute approximate surface area is 284 Å². The number of methoxy groups -OCH3 is 1. The molecule has 2 aliphatic rings. The molecule has 10 atom stereocenters. The molecule has 2 heterocycles. The van der Waals surface area contributed by atoms with Gasteiger partial charge in [0.2, 0.25) is 0 Å². The van der Waals surface area contributed by atoms with E-state index in [2.05, 4.69) is 74.7 Å². The molecule has 0 bridgehead atoms.